The van der Waals surface area contributed by atoms with Crippen LogP contribution in [0.2, 0.25) is 0 Å². The molecule has 0 saturated heterocycles. The van der Waals surface area contributed by atoms with Gasteiger partial charge in [0, 0.05) is 6.54 Å². The minimum absolute atomic E-state index is 0.0589. The van der Waals surface area contributed by atoms with E-state index in [-0.39, 0.29) is 42.6 Å². The molecule has 5 heteroatoms. The highest BCUT2D eigenvalue weighted by Gasteiger charge is 2.51. The number of fused-ring (bicyclic) bond motifs is 1. The van der Waals surface area contributed by atoms with Gasteiger partial charge in [-0.15, -0.1) is 0 Å². The number of ketones is 1. The third-order valence-electron chi connectivity index (χ3n) is 5.32. The van der Waals surface area contributed by atoms with Crippen LogP contribution in [0.5, 0.6) is 0 Å². The molecule has 3 unspecified atom stereocenters. The van der Waals surface area contributed by atoms with Gasteiger partial charge in [-0.1, -0.05) is 36.8 Å². The summed E-state index contributed by atoms with van der Waals surface area (Å²) in [7, 11) is 0. The van der Waals surface area contributed by atoms with Crippen molar-refractivity contribution in [3.8, 4) is 0 Å². The average molecular weight is 327 g/mol. The lowest BCUT2D eigenvalue weighted by atomic mass is 9.77. The van der Waals surface area contributed by atoms with Crippen LogP contribution in [0.25, 0.3) is 0 Å². The van der Waals surface area contributed by atoms with E-state index in [1.54, 1.807) is 4.90 Å². The Hall–Kier alpha value is -2.14. The fourth-order valence-corrected chi connectivity index (χ4v) is 4.21. The second kappa shape index (κ2) is 6.06. The van der Waals surface area contributed by atoms with E-state index in [9.17, 15) is 14.7 Å². The van der Waals surface area contributed by atoms with Gasteiger partial charge in [0.25, 0.3) is 5.91 Å². The van der Waals surface area contributed by atoms with Crippen LogP contribution in [0.15, 0.2) is 41.7 Å². The highest BCUT2D eigenvalue weighted by Crippen LogP contribution is 2.46. The molecule has 1 fully saturated rings. The van der Waals surface area contributed by atoms with Gasteiger partial charge < -0.3 is 14.7 Å². The SMILES string of the molecule is O=C1C2=C(OC3CCCCC13)C(=O)N(CCO)C2c1ccccc1. The van der Waals surface area contributed by atoms with E-state index in [1.807, 2.05) is 30.3 Å². The Kier molecular flexibility index (Phi) is 3.88. The zero-order chi connectivity index (χ0) is 16.7. The molecular weight excluding hydrogens is 306 g/mol. The topological polar surface area (TPSA) is 66.8 Å². The van der Waals surface area contributed by atoms with Crippen molar-refractivity contribution in [1.29, 1.82) is 0 Å². The number of Topliss-reactive ketones (excluding diaryl/α,β-unsaturated/α-hetero) is 1. The number of carbonyl (C=O) groups excluding carboxylic acids is 2. The second-order valence-corrected chi connectivity index (χ2v) is 6.69. The van der Waals surface area contributed by atoms with Gasteiger partial charge >= 0.3 is 0 Å². The highest BCUT2D eigenvalue weighted by molar-refractivity contribution is 6.11. The lowest BCUT2D eigenvalue weighted by Crippen LogP contribution is -2.39. The Bertz CT molecular complexity index is 697. The predicted octanol–water partition coefficient (Wildman–Crippen LogP) is 1.97. The summed E-state index contributed by atoms with van der Waals surface area (Å²) >= 11 is 0. The van der Waals surface area contributed by atoms with Gasteiger partial charge in [0.05, 0.1) is 24.1 Å². The molecule has 0 radical (unpaired) electrons. The molecule has 1 N–H and O–H groups in total. The molecule has 0 aromatic heterocycles. The van der Waals surface area contributed by atoms with E-state index in [2.05, 4.69) is 0 Å². The Morgan fingerprint density at radius 1 is 1.12 bits per heavy atom. The lowest BCUT2D eigenvalue weighted by molar-refractivity contribution is -0.135. The van der Waals surface area contributed by atoms with Crippen molar-refractivity contribution in [2.45, 2.75) is 37.8 Å². The number of nitrogens with zero attached hydrogens (tertiary/aromatic N) is 1. The molecule has 1 aromatic carbocycles. The molecule has 4 rings (SSSR count). The highest BCUT2D eigenvalue weighted by atomic mass is 16.5. The zero-order valence-electron chi connectivity index (χ0n) is 13.5. The Labute approximate surface area is 140 Å². The van der Waals surface area contributed by atoms with Gasteiger partial charge in [-0.3, -0.25) is 9.59 Å². The quantitative estimate of drug-likeness (QED) is 0.922. The first-order chi connectivity index (χ1) is 11.7. The van der Waals surface area contributed by atoms with Crippen molar-refractivity contribution in [2.75, 3.05) is 13.2 Å². The zero-order valence-corrected chi connectivity index (χ0v) is 13.5. The summed E-state index contributed by atoms with van der Waals surface area (Å²) < 4.78 is 6.01. The number of hydrogen-bond donors (Lipinski definition) is 1. The number of amides is 1. The number of rotatable bonds is 3. The molecule has 1 amide bonds. The number of ether oxygens (including phenoxy) is 1. The predicted molar refractivity (Wildman–Crippen MR) is 86.8 cm³/mol. The van der Waals surface area contributed by atoms with Crippen LogP contribution in [0, 0.1) is 5.92 Å². The summed E-state index contributed by atoms with van der Waals surface area (Å²) in [6, 6.07) is 9.08. The fourth-order valence-electron chi connectivity index (χ4n) is 4.21. The summed E-state index contributed by atoms with van der Waals surface area (Å²) in [5.41, 5.74) is 1.37. The first kappa shape index (κ1) is 15.4. The Morgan fingerprint density at radius 3 is 2.62 bits per heavy atom. The molecule has 2 heterocycles. The first-order valence-electron chi connectivity index (χ1n) is 8.64. The van der Waals surface area contributed by atoms with Crippen LogP contribution >= 0.6 is 0 Å². The van der Waals surface area contributed by atoms with Gasteiger partial charge in [-0.05, 0) is 24.8 Å². The maximum absolute atomic E-state index is 13.1. The number of aliphatic hydroxyl groups is 1. The number of carbonyl (C=O) groups is 2. The molecule has 2 aliphatic heterocycles. The summed E-state index contributed by atoms with van der Waals surface area (Å²) in [6.45, 7) is 0.0497. The van der Waals surface area contributed by atoms with Crippen LogP contribution in [-0.4, -0.2) is 41.0 Å². The molecular formula is C19H21NO4. The molecule has 126 valence electrons. The summed E-state index contributed by atoms with van der Waals surface area (Å²) in [5, 5.41) is 9.38. The fraction of sp³-hybridized carbons (Fsp3) is 0.474. The van der Waals surface area contributed by atoms with E-state index in [0.717, 1.165) is 31.2 Å². The molecule has 1 aromatic rings. The van der Waals surface area contributed by atoms with Crippen LogP contribution in [0.3, 0.4) is 0 Å². The van der Waals surface area contributed by atoms with Crippen molar-refractivity contribution in [1.82, 2.24) is 4.90 Å². The maximum Gasteiger partial charge on any atom is 0.290 e. The van der Waals surface area contributed by atoms with E-state index < -0.39 is 6.04 Å². The molecule has 3 atom stereocenters. The first-order valence-corrected chi connectivity index (χ1v) is 8.64. The van der Waals surface area contributed by atoms with Gasteiger partial charge in [0.15, 0.2) is 11.5 Å². The summed E-state index contributed by atoms with van der Waals surface area (Å²) in [6.07, 6.45) is 3.56. The molecule has 24 heavy (non-hydrogen) atoms. The summed E-state index contributed by atoms with van der Waals surface area (Å²) in [4.78, 5) is 27.5. The third kappa shape index (κ3) is 2.26. The smallest absolute Gasteiger partial charge is 0.290 e. The monoisotopic (exact) mass is 327 g/mol. The van der Waals surface area contributed by atoms with Crippen molar-refractivity contribution in [3.63, 3.8) is 0 Å². The van der Waals surface area contributed by atoms with Gasteiger partial charge in [-0.25, -0.2) is 0 Å². The minimum atomic E-state index is -0.448. The van der Waals surface area contributed by atoms with Crippen LogP contribution in [0.1, 0.15) is 37.3 Å². The molecule has 5 nitrogen and oxygen atoms in total. The largest absolute Gasteiger partial charge is 0.483 e. The third-order valence-corrected chi connectivity index (χ3v) is 5.32. The maximum atomic E-state index is 13.1. The normalized spacial score (nSPS) is 29.4. The van der Waals surface area contributed by atoms with Gasteiger partial charge in [0.1, 0.15) is 6.10 Å². The van der Waals surface area contributed by atoms with Gasteiger partial charge in [-0.2, -0.15) is 0 Å². The van der Waals surface area contributed by atoms with Crippen molar-refractivity contribution in [2.24, 2.45) is 5.92 Å². The van der Waals surface area contributed by atoms with E-state index in [1.165, 1.54) is 0 Å². The van der Waals surface area contributed by atoms with Crippen LogP contribution < -0.4 is 0 Å². The van der Waals surface area contributed by atoms with Crippen molar-refractivity contribution in [3.05, 3.63) is 47.2 Å². The average Bonchev–Trinajstić information content (AvgIpc) is 2.89. The van der Waals surface area contributed by atoms with E-state index in [0.29, 0.717) is 5.57 Å². The second-order valence-electron chi connectivity index (χ2n) is 6.69. The molecule has 0 bridgehead atoms. The van der Waals surface area contributed by atoms with Crippen molar-refractivity contribution >= 4 is 11.7 Å². The van der Waals surface area contributed by atoms with Crippen molar-refractivity contribution < 1.29 is 19.4 Å². The Morgan fingerprint density at radius 2 is 1.88 bits per heavy atom. The molecule has 3 aliphatic rings. The van der Waals surface area contributed by atoms with E-state index in [4.69, 9.17) is 4.74 Å². The van der Waals surface area contributed by atoms with E-state index >= 15 is 0 Å². The molecule has 1 saturated carbocycles. The number of β-amino-alcohol motifs (C(OH)–C–C–N with tert-alkyl or cyclic N) is 1. The number of aliphatic hydroxyl groups excluding tert-OH is 1. The lowest BCUT2D eigenvalue weighted by Gasteiger charge is -2.35. The molecule has 1 aliphatic carbocycles. The number of benzene rings is 1. The van der Waals surface area contributed by atoms with Crippen LogP contribution in [-0.2, 0) is 14.3 Å². The standard InChI is InChI=1S/C19H21NO4/c21-11-10-20-16(12-6-2-1-3-7-12)15-17(22)13-8-4-5-9-14(13)24-18(15)19(20)23/h1-3,6-7,13-14,16,21H,4-5,8-11H2. The summed E-state index contributed by atoms with van der Waals surface area (Å²) in [5.74, 6) is -0.134. The van der Waals surface area contributed by atoms with Gasteiger partial charge in [0.2, 0.25) is 0 Å². The Balaban J connectivity index is 1.79. The molecule has 0 spiro atoms. The minimum Gasteiger partial charge on any atom is -0.483 e. The van der Waals surface area contributed by atoms with Crippen LogP contribution in [0.4, 0.5) is 0 Å². The number of hydrogen-bond acceptors (Lipinski definition) is 4.